The van der Waals surface area contributed by atoms with Gasteiger partial charge in [-0.15, -0.1) is 0 Å². The zero-order chi connectivity index (χ0) is 20.2. The van der Waals surface area contributed by atoms with E-state index in [4.69, 9.17) is 4.74 Å². The van der Waals surface area contributed by atoms with Crippen molar-refractivity contribution in [3.8, 4) is 5.75 Å². The highest BCUT2D eigenvalue weighted by atomic mass is 16.5. The number of nitrogens with one attached hydrogen (secondary N) is 1. The van der Waals surface area contributed by atoms with Crippen LogP contribution in [-0.2, 0) is 10.2 Å². The molecule has 0 saturated carbocycles. The van der Waals surface area contributed by atoms with Crippen LogP contribution in [-0.4, -0.2) is 12.0 Å². The third kappa shape index (κ3) is 5.85. The largest absolute Gasteiger partial charge is 0.481 e. The third-order valence-corrected chi connectivity index (χ3v) is 4.77. The van der Waals surface area contributed by atoms with Crippen LogP contribution in [0.2, 0.25) is 0 Å². The van der Waals surface area contributed by atoms with Crippen LogP contribution in [0.15, 0.2) is 42.5 Å². The average Bonchev–Trinajstić information content (AvgIpc) is 2.58. The molecule has 0 saturated heterocycles. The Morgan fingerprint density at radius 3 is 2.07 bits per heavy atom. The van der Waals surface area contributed by atoms with E-state index in [1.165, 1.54) is 5.56 Å². The van der Waals surface area contributed by atoms with E-state index in [1.54, 1.807) is 0 Å². The van der Waals surface area contributed by atoms with Gasteiger partial charge in [-0.3, -0.25) is 4.79 Å². The van der Waals surface area contributed by atoms with Crippen LogP contribution in [0, 0.1) is 13.8 Å². The van der Waals surface area contributed by atoms with E-state index in [-0.39, 0.29) is 17.4 Å². The van der Waals surface area contributed by atoms with Crippen molar-refractivity contribution in [2.24, 2.45) is 0 Å². The van der Waals surface area contributed by atoms with Gasteiger partial charge in [-0.1, -0.05) is 58.0 Å². The molecule has 0 aliphatic carbocycles. The standard InChI is InChI=1S/C24H33NO2/c1-8-22(27-21-14-16(2)13-17(3)15-21)23(26)25-18(4)19-9-11-20(12-10-19)24(5,6)7/h9-15,18,22H,8H2,1-7H3,(H,25,26)/t18-,22+/m1/s1. The number of rotatable bonds is 6. The summed E-state index contributed by atoms with van der Waals surface area (Å²) in [5.41, 5.74) is 4.77. The van der Waals surface area contributed by atoms with Crippen molar-refractivity contribution in [1.82, 2.24) is 5.32 Å². The van der Waals surface area contributed by atoms with E-state index in [0.29, 0.717) is 6.42 Å². The maximum atomic E-state index is 12.7. The Morgan fingerprint density at radius 1 is 1.04 bits per heavy atom. The molecule has 27 heavy (non-hydrogen) atoms. The van der Waals surface area contributed by atoms with Crippen molar-refractivity contribution in [1.29, 1.82) is 0 Å². The van der Waals surface area contributed by atoms with Crippen molar-refractivity contribution in [3.63, 3.8) is 0 Å². The fourth-order valence-electron chi connectivity index (χ4n) is 3.15. The zero-order valence-electron chi connectivity index (χ0n) is 17.7. The fraction of sp³-hybridized carbons (Fsp3) is 0.458. The van der Waals surface area contributed by atoms with Crippen molar-refractivity contribution in [2.45, 2.75) is 72.4 Å². The number of ether oxygens (including phenoxy) is 1. The van der Waals surface area contributed by atoms with Gasteiger partial charge in [0.25, 0.3) is 5.91 Å². The van der Waals surface area contributed by atoms with Gasteiger partial charge < -0.3 is 10.1 Å². The molecule has 0 aliphatic rings. The van der Waals surface area contributed by atoms with Crippen LogP contribution >= 0.6 is 0 Å². The van der Waals surface area contributed by atoms with Crippen LogP contribution in [0.1, 0.15) is 69.3 Å². The Labute approximate surface area is 164 Å². The van der Waals surface area contributed by atoms with Gasteiger partial charge in [0, 0.05) is 0 Å². The van der Waals surface area contributed by atoms with Crippen molar-refractivity contribution in [2.75, 3.05) is 0 Å². The van der Waals surface area contributed by atoms with Crippen LogP contribution in [0.5, 0.6) is 5.75 Å². The number of carbonyl (C=O) groups is 1. The van der Waals surface area contributed by atoms with Gasteiger partial charge in [0.05, 0.1) is 6.04 Å². The molecule has 0 radical (unpaired) electrons. The maximum absolute atomic E-state index is 12.7. The van der Waals surface area contributed by atoms with Crippen LogP contribution < -0.4 is 10.1 Å². The van der Waals surface area contributed by atoms with Gasteiger partial charge in [-0.05, 0) is 67.0 Å². The SMILES string of the molecule is CC[C@H](Oc1cc(C)cc(C)c1)C(=O)N[C@H](C)c1ccc(C(C)(C)C)cc1. The van der Waals surface area contributed by atoms with Gasteiger partial charge in [0.15, 0.2) is 6.10 Å². The molecule has 0 aromatic heterocycles. The Morgan fingerprint density at radius 2 is 1.59 bits per heavy atom. The number of benzene rings is 2. The highest BCUT2D eigenvalue weighted by molar-refractivity contribution is 5.81. The summed E-state index contributed by atoms with van der Waals surface area (Å²) in [4.78, 5) is 12.7. The summed E-state index contributed by atoms with van der Waals surface area (Å²) < 4.78 is 5.98. The minimum absolute atomic E-state index is 0.0663. The number of carbonyl (C=O) groups excluding carboxylic acids is 1. The molecule has 3 heteroatoms. The summed E-state index contributed by atoms with van der Waals surface area (Å²) in [5.74, 6) is 0.667. The average molecular weight is 368 g/mol. The molecule has 0 unspecified atom stereocenters. The van der Waals surface area contributed by atoms with Crippen LogP contribution in [0.25, 0.3) is 0 Å². The second kappa shape index (κ2) is 8.60. The van der Waals surface area contributed by atoms with Gasteiger partial charge in [-0.2, -0.15) is 0 Å². The molecular weight excluding hydrogens is 334 g/mol. The second-order valence-electron chi connectivity index (χ2n) is 8.44. The molecule has 2 aromatic carbocycles. The van der Waals surface area contributed by atoms with E-state index in [1.807, 2.05) is 39.8 Å². The minimum atomic E-state index is -0.498. The quantitative estimate of drug-likeness (QED) is 0.718. The molecule has 146 valence electrons. The first-order valence-corrected chi connectivity index (χ1v) is 9.76. The van der Waals surface area contributed by atoms with E-state index in [0.717, 1.165) is 22.4 Å². The summed E-state index contributed by atoms with van der Waals surface area (Å²) in [7, 11) is 0. The molecule has 0 spiro atoms. The maximum Gasteiger partial charge on any atom is 0.261 e. The highest BCUT2D eigenvalue weighted by Crippen LogP contribution is 2.24. The minimum Gasteiger partial charge on any atom is -0.481 e. The molecule has 0 heterocycles. The number of amides is 1. The Bertz CT molecular complexity index is 752. The fourth-order valence-corrected chi connectivity index (χ4v) is 3.15. The van der Waals surface area contributed by atoms with Gasteiger partial charge in [0.2, 0.25) is 0 Å². The lowest BCUT2D eigenvalue weighted by molar-refractivity contribution is -0.128. The number of hydrogen-bond acceptors (Lipinski definition) is 2. The van der Waals surface area contributed by atoms with Crippen molar-refractivity contribution in [3.05, 3.63) is 64.7 Å². The number of hydrogen-bond donors (Lipinski definition) is 1. The molecule has 3 nitrogen and oxygen atoms in total. The van der Waals surface area contributed by atoms with Crippen molar-refractivity contribution >= 4 is 5.91 Å². The van der Waals surface area contributed by atoms with Crippen LogP contribution in [0.3, 0.4) is 0 Å². The zero-order valence-corrected chi connectivity index (χ0v) is 17.7. The molecule has 1 amide bonds. The predicted molar refractivity (Wildman–Crippen MR) is 112 cm³/mol. The van der Waals surface area contributed by atoms with E-state index < -0.39 is 6.10 Å². The first-order valence-electron chi connectivity index (χ1n) is 9.76. The molecular formula is C24H33NO2. The second-order valence-corrected chi connectivity index (χ2v) is 8.44. The lowest BCUT2D eigenvalue weighted by atomic mass is 9.86. The molecule has 0 aliphatic heterocycles. The van der Waals surface area contributed by atoms with Gasteiger partial charge in [0.1, 0.15) is 5.75 Å². The Balaban J connectivity index is 2.04. The van der Waals surface area contributed by atoms with Gasteiger partial charge in [-0.25, -0.2) is 0 Å². The molecule has 2 rings (SSSR count). The summed E-state index contributed by atoms with van der Waals surface area (Å²) in [6.45, 7) is 14.6. The normalized spacial score (nSPS) is 13.7. The highest BCUT2D eigenvalue weighted by Gasteiger charge is 2.21. The monoisotopic (exact) mass is 367 g/mol. The van der Waals surface area contributed by atoms with E-state index in [2.05, 4.69) is 56.4 Å². The van der Waals surface area contributed by atoms with E-state index >= 15 is 0 Å². The smallest absolute Gasteiger partial charge is 0.261 e. The summed E-state index contributed by atoms with van der Waals surface area (Å²) in [6.07, 6.45) is 0.122. The van der Waals surface area contributed by atoms with Crippen LogP contribution in [0.4, 0.5) is 0 Å². The van der Waals surface area contributed by atoms with Crippen molar-refractivity contribution < 1.29 is 9.53 Å². The summed E-state index contributed by atoms with van der Waals surface area (Å²) >= 11 is 0. The van der Waals surface area contributed by atoms with Gasteiger partial charge >= 0.3 is 0 Å². The van der Waals surface area contributed by atoms with E-state index in [9.17, 15) is 4.79 Å². The lowest BCUT2D eigenvalue weighted by Gasteiger charge is -2.23. The Kier molecular flexibility index (Phi) is 6.69. The first kappa shape index (κ1) is 21.0. The topological polar surface area (TPSA) is 38.3 Å². The third-order valence-electron chi connectivity index (χ3n) is 4.77. The first-order chi connectivity index (χ1) is 12.6. The Hall–Kier alpha value is -2.29. The lowest BCUT2D eigenvalue weighted by Crippen LogP contribution is -2.39. The molecule has 0 bridgehead atoms. The molecule has 2 aromatic rings. The summed E-state index contributed by atoms with van der Waals surface area (Å²) in [5, 5.41) is 3.09. The summed E-state index contributed by atoms with van der Waals surface area (Å²) in [6, 6.07) is 14.4. The predicted octanol–water partition coefficient (Wildman–Crippen LogP) is 5.64. The molecule has 1 N–H and O–H groups in total. The molecule has 0 fully saturated rings. The number of aryl methyl sites for hydroxylation is 2. The molecule has 2 atom stereocenters.